The number of hydrogen-bond donors (Lipinski definition) is 0. The van der Waals surface area contributed by atoms with E-state index < -0.39 is 11.9 Å². The summed E-state index contributed by atoms with van der Waals surface area (Å²) in [5.74, 6) is -0.873. The Bertz CT molecular complexity index is 325. The molecule has 1 rings (SSSR count). The van der Waals surface area contributed by atoms with Crippen molar-refractivity contribution in [2.75, 3.05) is 5.75 Å². The van der Waals surface area contributed by atoms with Crippen LogP contribution in [0.25, 0.3) is 0 Å². The predicted molar refractivity (Wildman–Crippen MR) is 58.6 cm³/mol. The van der Waals surface area contributed by atoms with E-state index in [2.05, 4.69) is 31.9 Å². The fourth-order valence-electron chi connectivity index (χ4n) is 0.747. The molecule has 0 aliphatic carbocycles. The van der Waals surface area contributed by atoms with E-state index in [0.717, 1.165) is 16.2 Å². The number of hydrogen-bond acceptors (Lipinski definition) is 1. The number of alkyl halides is 3. The van der Waals surface area contributed by atoms with Crippen molar-refractivity contribution in [1.82, 2.24) is 0 Å². The molecular weight excluding hydrogens is 345 g/mol. The smallest absolute Gasteiger partial charge is 0.170 e. The molecule has 0 spiro atoms. The van der Waals surface area contributed by atoms with Crippen LogP contribution in [0, 0.1) is 0 Å². The summed E-state index contributed by atoms with van der Waals surface area (Å²) in [6, 6.07) is 5.13. The van der Waals surface area contributed by atoms with Crippen LogP contribution in [0.5, 0.6) is 0 Å². The first-order valence-corrected chi connectivity index (χ1v) is 6.10. The van der Waals surface area contributed by atoms with E-state index in [1.54, 1.807) is 18.2 Å². The van der Waals surface area contributed by atoms with Gasteiger partial charge in [0, 0.05) is 13.8 Å². The summed E-state index contributed by atoms with van der Waals surface area (Å²) >= 11 is 7.16. The quantitative estimate of drug-likeness (QED) is 0.686. The number of benzene rings is 1. The summed E-state index contributed by atoms with van der Waals surface area (Å²) in [5.41, 5.74) is 0. The minimum absolute atomic E-state index is 0.580. The Balaban J connectivity index is 2.72. The van der Waals surface area contributed by atoms with Gasteiger partial charge in [-0.15, -0.1) is 11.8 Å². The fraction of sp³-hybridized carbons (Fsp3) is 0.250. The van der Waals surface area contributed by atoms with Gasteiger partial charge < -0.3 is 0 Å². The van der Waals surface area contributed by atoms with E-state index in [9.17, 15) is 13.2 Å². The van der Waals surface area contributed by atoms with Crippen molar-refractivity contribution in [3.63, 3.8) is 0 Å². The lowest BCUT2D eigenvalue weighted by atomic mass is 10.4. The molecule has 0 unspecified atom stereocenters. The van der Waals surface area contributed by atoms with Crippen molar-refractivity contribution in [1.29, 1.82) is 0 Å². The summed E-state index contributed by atoms with van der Waals surface area (Å²) in [6.07, 6.45) is -4.13. The van der Waals surface area contributed by atoms with Gasteiger partial charge in [-0.2, -0.15) is 13.2 Å². The number of thioether (sulfide) groups is 1. The molecule has 1 aromatic carbocycles. The summed E-state index contributed by atoms with van der Waals surface area (Å²) in [5, 5.41) is 0. The Labute approximate surface area is 101 Å². The van der Waals surface area contributed by atoms with E-state index >= 15 is 0 Å². The summed E-state index contributed by atoms with van der Waals surface area (Å²) in [6.45, 7) is 0. The highest BCUT2D eigenvalue weighted by Gasteiger charge is 2.27. The van der Waals surface area contributed by atoms with E-state index in [1.165, 1.54) is 0 Å². The molecule has 0 saturated heterocycles. The maximum Gasteiger partial charge on any atom is 0.398 e. The first-order chi connectivity index (χ1) is 6.38. The maximum absolute atomic E-state index is 11.9. The van der Waals surface area contributed by atoms with Gasteiger partial charge in [-0.1, -0.05) is 15.9 Å². The lowest BCUT2D eigenvalue weighted by molar-refractivity contribution is -0.105. The molecule has 0 aliphatic rings. The molecule has 0 radical (unpaired) electrons. The Morgan fingerprint density at radius 2 is 1.86 bits per heavy atom. The minimum atomic E-state index is -4.13. The van der Waals surface area contributed by atoms with Crippen molar-refractivity contribution in [2.24, 2.45) is 0 Å². The fourth-order valence-corrected chi connectivity index (χ4v) is 2.59. The lowest BCUT2D eigenvalue weighted by Crippen LogP contribution is -2.10. The molecule has 0 N–H and O–H groups in total. The van der Waals surface area contributed by atoms with Crippen LogP contribution in [0.2, 0.25) is 0 Å². The maximum atomic E-state index is 11.9. The molecule has 0 atom stereocenters. The average molecular weight is 350 g/mol. The third kappa shape index (κ3) is 4.23. The van der Waals surface area contributed by atoms with Crippen LogP contribution in [0.1, 0.15) is 0 Å². The highest BCUT2D eigenvalue weighted by atomic mass is 79.9. The molecule has 0 bridgehead atoms. The van der Waals surface area contributed by atoms with Crippen LogP contribution in [0.4, 0.5) is 13.2 Å². The number of rotatable bonds is 2. The van der Waals surface area contributed by atoms with Crippen molar-refractivity contribution in [3.05, 3.63) is 27.1 Å². The third-order valence-corrected chi connectivity index (χ3v) is 3.85. The Morgan fingerprint density at radius 1 is 1.21 bits per heavy atom. The van der Waals surface area contributed by atoms with E-state index in [-0.39, 0.29) is 0 Å². The van der Waals surface area contributed by atoms with Gasteiger partial charge in [-0.05, 0) is 34.1 Å². The van der Waals surface area contributed by atoms with Gasteiger partial charge in [0.05, 0.1) is 5.75 Å². The van der Waals surface area contributed by atoms with Crippen molar-refractivity contribution >= 4 is 43.6 Å². The zero-order chi connectivity index (χ0) is 10.8. The Hall–Kier alpha value is 0.320. The molecule has 0 nitrogen and oxygen atoms in total. The highest BCUT2D eigenvalue weighted by molar-refractivity contribution is 9.11. The van der Waals surface area contributed by atoms with Gasteiger partial charge in [0.25, 0.3) is 0 Å². The first kappa shape index (κ1) is 12.4. The van der Waals surface area contributed by atoms with Crippen molar-refractivity contribution in [3.8, 4) is 0 Å². The monoisotopic (exact) mass is 348 g/mol. The van der Waals surface area contributed by atoms with Gasteiger partial charge in [-0.3, -0.25) is 0 Å². The van der Waals surface area contributed by atoms with Crippen molar-refractivity contribution in [2.45, 2.75) is 11.1 Å². The van der Waals surface area contributed by atoms with Crippen LogP contribution in [0.3, 0.4) is 0 Å². The van der Waals surface area contributed by atoms with Crippen LogP contribution in [-0.4, -0.2) is 11.9 Å². The molecular formula is C8H5Br2F3S. The minimum Gasteiger partial charge on any atom is -0.170 e. The molecule has 78 valence electrons. The Morgan fingerprint density at radius 3 is 2.43 bits per heavy atom. The zero-order valence-corrected chi connectivity index (χ0v) is 10.7. The van der Waals surface area contributed by atoms with E-state index in [4.69, 9.17) is 0 Å². The van der Waals surface area contributed by atoms with Crippen LogP contribution in [-0.2, 0) is 0 Å². The molecule has 0 heterocycles. The van der Waals surface area contributed by atoms with Gasteiger partial charge >= 0.3 is 6.18 Å². The van der Waals surface area contributed by atoms with Crippen LogP contribution < -0.4 is 0 Å². The number of halogens is 5. The molecule has 0 fully saturated rings. The highest BCUT2D eigenvalue weighted by Crippen LogP contribution is 2.33. The normalized spacial score (nSPS) is 11.8. The standard InChI is InChI=1S/C8H5Br2F3S/c9-5-1-2-6(10)7(3-5)14-4-8(11,12)13/h1-3H,4H2. The molecule has 6 heteroatoms. The van der Waals surface area contributed by atoms with Gasteiger partial charge in [0.1, 0.15) is 0 Å². The Kier molecular flexibility index (Phi) is 4.33. The molecule has 14 heavy (non-hydrogen) atoms. The average Bonchev–Trinajstić information content (AvgIpc) is 2.05. The van der Waals surface area contributed by atoms with Gasteiger partial charge in [-0.25, -0.2) is 0 Å². The second-order valence-corrected chi connectivity index (χ2v) is 5.27. The molecule has 1 aromatic rings. The van der Waals surface area contributed by atoms with Gasteiger partial charge in [0.2, 0.25) is 0 Å². The second-order valence-electron chi connectivity index (χ2n) is 2.48. The largest absolute Gasteiger partial charge is 0.398 e. The second kappa shape index (κ2) is 4.90. The molecule has 0 amide bonds. The van der Waals surface area contributed by atoms with Crippen molar-refractivity contribution < 1.29 is 13.2 Å². The predicted octanol–water partition coefficient (Wildman–Crippen LogP) is 4.87. The summed E-state index contributed by atoms with van der Waals surface area (Å²) < 4.78 is 37.2. The molecule has 0 saturated carbocycles. The van der Waals surface area contributed by atoms with E-state index in [0.29, 0.717) is 9.37 Å². The lowest BCUT2D eigenvalue weighted by Gasteiger charge is -2.07. The topological polar surface area (TPSA) is 0 Å². The first-order valence-electron chi connectivity index (χ1n) is 3.53. The zero-order valence-electron chi connectivity index (χ0n) is 6.74. The molecule has 0 aliphatic heterocycles. The van der Waals surface area contributed by atoms with Crippen LogP contribution >= 0.6 is 43.6 Å². The summed E-state index contributed by atoms with van der Waals surface area (Å²) in [7, 11) is 0. The summed E-state index contributed by atoms with van der Waals surface area (Å²) in [4.78, 5) is 0.580. The van der Waals surface area contributed by atoms with E-state index in [1.807, 2.05) is 0 Å². The SMILES string of the molecule is FC(F)(F)CSc1cc(Br)ccc1Br. The molecule has 0 aromatic heterocycles. The van der Waals surface area contributed by atoms with Crippen LogP contribution in [0.15, 0.2) is 32.0 Å². The van der Waals surface area contributed by atoms with Gasteiger partial charge in [0.15, 0.2) is 0 Å². The third-order valence-electron chi connectivity index (χ3n) is 1.28.